The molecule has 0 bridgehead atoms. The van der Waals surface area contributed by atoms with Gasteiger partial charge in [-0.3, -0.25) is 9.79 Å². The number of guanidine groups is 1. The fourth-order valence-corrected chi connectivity index (χ4v) is 3.33. The van der Waals surface area contributed by atoms with Crippen LogP contribution in [0.25, 0.3) is 0 Å². The third-order valence-corrected chi connectivity index (χ3v) is 4.99. The topological polar surface area (TPSA) is 66.0 Å². The van der Waals surface area contributed by atoms with Crippen molar-refractivity contribution in [3.63, 3.8) is 0 Å². The van der Waals surface area contributed by atoms with Crippen LogP contribution in [-0.4, -0.2) is 56.6 Å². The van der Waals surface area contributed by atoms with Crippen LogP contribution in [0.15, 0.2) is 23.2 Å². The Morgan fingerprint density at radius 2 is 2.07 bits per heavy atom. The van der Waals surface area contributed by atoms with E-state index in [1.54, 1.807) is 7.05 Å². The van der Waals surface area contributed by atoms with Gasteiger partial charge in [0.1, 0.15) is 6.10 Å². The van der Waals surface area contributed by atoms with E-state index in [0.717, 1.165) is 19.0 Å². The normalized spacial score (nSPS) is 18.4. The summed E-state index contributed by atoms with van der Waals surface area (Å²) in [7, 11) is 1.78. The number of nitrogens with one attached hydrogen (secondary N) is 2. The zero-order chi connectivity index (χ0) is 20.0. The number of morpholine rings is 1. The van der Waals surface area contributed by atoms with Gasteiger partial charge >= 0.3 is 0 Å². The molecule has 6 heteroatoms. The standard InChI is InChI=1S/C21H34N4O2/c1-7-23-19(26)21(4,5)14-24-20(22-6)25-10-11-27-18(13-25)17-9-8-15(2)12-16(17)3/h8-9,12,18H,7,10-11,13-14H2,1-6H3,(H,22,24)(H,23,26). The molecule has 1 saturated heterocycles. The number of amides is 1. The SMILES string of the molecule is CCNC(=O)C(C)(C)CNC(=NC)N1CCOC(c2ccc(C)cc2C)C1. The van der Waals surface area contributed by atoms with Crippen LogP contribution in [0.5, 0.6) is 0 Å². The van der Waals surface area contributed by atoms with Gasteiger partial charge in [-0.1, -0.05) is 23.8 Å². The van der Waals surface area contributed by atoms with Crippen LogP contribution in [0, 0.1) is 19.3 Å². The number of hydrogen-bond donors (Lipinski definition) is 2. The quantitative estimate of drug-likeness (QED) is 0.614. The molecule has 1 aliphatic heterocycles. The number of rotatable bonds is 5. The van der Waals surface area contributed by atoms with Gasteiger partial charge in [-0.25, -0.2) is 0 Å². The number of hydrogen-bond acceptors (Lipinski definition) is 3. The molecule has 1 atom stereocenters. The lowest BCUT2D eigenvalue weighted by molar-refractivity contribution is -0.128. The Morgan fingerprint density at radius 1 is 1.33 bits per heavy atom. The van der Waals surface area contributed by atoms with Crippen molar-refractivity contribution in [1.29, 1.82) is 0 Å². The first-order chi connectivity index (χ1) is 12.8. The van der Waals surface area contributed by atoms with Crippen LogP contribution in [0.4, 0.5) is 0 Å². The molecule has 1 aromatic rings. The Bertz CT molecular complexity index is 685. The largest absolute Gasteiger partial charge is 0.370 e. The number of benzene rings is 1. The van der Waals surface area contributed by atoms with Crippen LogP contribution in [-0.2, 0) is 9.53 Å². The van der Waals surface area contributed by atoms with Crippen LogP contribution < -0.4 is 10.6 Å². The molecule has 1 heterocycles. The summed E-state index contributed by atoms with van der Waals surface area (Å²) in [6, 6.07) is 6.49. The van der Waals surface area contributed by atoms with E-state index in [1.165, 1.54) is 16.7 Å². The number of nitrogens with zero attached hydrogens (tertiary/aromatic N) is 2. The molecule has 6 nitrogen and oxygen atoms in total. The van der Waals surface area contributed by atoms with Crippen LogP contribution in [0.2, 0.25) is 0 Å². The van der Waals surface area contributed by atoms with E-state index in [4.69, 9.17) is 4.74 Å². The van der Waals surface area contributed by atoms with Crippen molar-refractivity contribution < 1.29 is 9.53 Å². The second-order valence-corrected chi connectivity index (χ2v) is 7.81. The average molecular weight is 375 g/mol. The van der Waals surface area contributed by atoms with Crippen molar-refractivity contribution in [3.05, 3.63) is 34.9 Å². The van der Waals surface area contributed by atoms with E-state index in [0.29, 0.717) is 19.7 Å². The minimum atomic E-state index is -0.509. The molecule has 0 aliphatic carbocycles. The highest BCUT2D eigenvalue weighted by molar-refractivity contribution is 5.84. The summed E-state index contributed by atoms with van der Waals surface area (Å²) in [6.45, 7) is 13.4. The molecule has 1 fully saturated rings. The van der Waals surface area contributed by atoms with Crippen LogP contribution in [0.1, 0.15) is 43.6 Å². The molecule has 0 spiro atoms. The highest BCUT2D eigenvalue weighted by Gasteiger charge is 2.29. The van der Waals surface area contributed by atoms with Crippen molar-refractivity contribution in [3.8, 4) is 0 Å². The summed E-state index contributed by atoms with van der Waals surface area (Å²) in [5, 5.41) is 6.27. The Labute approximate surface area is 163 Å². The van der Waals surface area contributed by atoms with Crippen LogP contribution in [0.3, 0.4) is 0 Å². The van der Waals surface area contributed by atoms with Gasteiger partial charge in [-0.05, 0) is 45.7 Å². The van der Waals surface area contributed by atoms with Gasteiger partial charge in [0, 0.05) is 26.7 Å². The smallest absolute Gasteiger partial charge is 0.227 e. The molecule has 0 radical (unpaired) electrons. The maximum absolute atomic E-state index is 12.2. The zero-order valence-electron chi connectivity index (χ0n) is 17.6. The van der Waals surface area contributed by atoms with Crippen molar-refractivity contribution in [1.82, 2.24) is 15.5 Å². The summed E-state index contributed by atoms with van der Waals surface area (Å²) in [6.07, 6.45) is 0.0225. The molecule has 1 unspecified atom stereocenters. The Hall–Kier alpha value is -2.08. The van der Waals surface area contributed by atoms with Gasteiger partial charge in [0.2, 0.25) is 5.91 Å². The number of aliphatic imine (C=N–C) groups is 1. The Balaban J connectivity index is 2.03. The van der Waals surface area contributed by atoms with Gasteiger partial charge in [-0.2, -0.15) is 0 Å². The second kappa shape index (κ2) is 9.22. The first kappa shape index (κ1) is 21.2. The molecular weight excluding hydrogens is 340 g/mol. The summed E-state index contributed by atoms with van der Waals surface area (Å²) in [4.78, 5) is 18.9. The van der Waals surface area contributed by atoms with E-state index in [2.05, 4.69) is 52.6 Å². The minimum absolute atomic E-state index is 0.0225. The molecule has 1 aliphatic rings. The molecule has 0 saturated carbocycles. The Kier molecular flexibility index (Phi) is 7.25. The summed E-state index contributed by atoms with van der Waals surface area (Å²) >= 11 is 0. The van der Waals surface area contributed by atoms with Crippen molar-refractivity contribution in [2.75, 3.05) is 39.8 Å². The molecule has 27 heavy (non-hydrogen) atoms. The van der Waals surface area contributed by atoms with E-state index in [1.807, 2.05) is 20.8 Å². The summed E-state index contributed by atoms with van der Waals surface area (Å²) in [5.41, 5.74) is 3.23. The van der Waals surface area contributed by atoms with E-state index in [9.17, 15) is 4.79 Å². The molecule has 2 rings (SSSR count). The fourth-order valence-electron chi connectivity index (χ4n) is 3.33. The van der Waals surface area contributed by atoms with E-state index >= 15 is 0 Å². The first-order valence-electron chi connectivity index (χ1n) is 9.71. The van der Waals surface area contributed by atoms with Crippen molar-refractivity contribution >= 4 is 11.9 Å². The summed E-state index contributed by atoms with van der Waals surface area (Å²) in [5.74, 6) is 0.855. The van der Waals surface area contributed by atoms with Gasteiger partial charge in [0.05, 0.1) is 18.6 Å². The number of carbonyl (C=O) groups is 1. The lowest BCUT2D eigenvalue weighted by Crippen LogP contribution is -2.52. The van der Waals surface area contributed by atoms with Gasteiger partial charge < -0.3 is 20.3 Å². The number of aryl methyl sites for hydroxylation is 2. The predicted molar refractivity (Wildman–Crippen MR) is 110 cm³/mol. The third kappa shape index (κ3) is 5.45. The minimum Gasteiger partial charge on any atom is -0.370 e. The average Bonchev–Trinajstić information content (AvgIpc) is 2.62. The lowest BCUT2D eigenvalue weighted by Gasteiger charge is -2.36. The first-order valence-corrected chi connectivity index (χ1v) is 9.71. The molecule has 1 aromatic carbocycles. The monoisotopic (exact) mass is 374 g/mol. The molecule has 150 valence electrons. The number of carbonyl (C=O) groups excluding carboxylic acids is 1. The Morgan fingerprint density at radius 3 is 2.70 bits per heavy atom. The van der Waals surface area contributed by atoms with Crippen molar-refractivity contribution in [2.45, 2.75) is 40.7 Å². The van der Waals surface area contributed by atoms with Gasteiger partial charge in [-0.15, -0.1) is 0 Å². The number of ether oxygens (including phenoxy) is 1. The van der Waals surface area contributed by atoms with Crippen LogP contribution >= 0.6 is 0 Å². The zero-order valence-corrected chi connectivity index (χ0v) is 17.6. The fraction of sp³-hybridized carbons (Fsp3) is 0.619. The third-order valence-electron chi connectivity index (χ3n) is 4.99. The molecular formula is C21H34N4O2. The molecule has 1 amide bonds. The molecule has 2 N–H and O–H groups in total. The lowest BCUT2D eigenvalue weighted by atomic mass is 9.92. The highest BCUT2D eigenvalue weighted by Crippen LogP contribution is 2.26. The van der Waals surface area contributed by atoms with E-state index < -0.39 is 5.41 Å². The molecule has 0 aromatic heterocycles. The second-order valence-electron chi connectivity index (χ2n) is 7.81. The van der Waals surface area contributed by atoms with Gasteiger partial charge in [0.15, 0.2) is 5.96 Å². The maximum atomic E-state index is 12.2. The van der Waals surface area contributed by atoms with Gasteiger partial charge in [0.25, 0.3) is 0 Å². The predicted octanol–water partition coefficient (Wildman–Crippen LogP) is 2.41. The highest BCUT2D eigenvalue weighted by atomic mass is 16.5. The summed E-state index contributed by atoms with van der Waals surface area (Å²) < 4.78 is 6.04. The van der Waals surface area contributed by atoms with E-state index in [-0.39, 0.29) is 12.0 Å². The van der Waals surface area contributed by atoms with Crippen molar-refractivity contribution in [2.24, 2.45) is 10.4 Å². The maximum Gasteiger partial charge on any atom is 0.227 e.